The van der Waals surface area contributed by atoms with Gasteiger partial charge in [-0.25, -0.2) is 4.68 Å². The van der Waals surface area contributed by atoms with E-state index in [4.69, 9.17) is 23.2 Å². The monoisotopic (exact) mass is 587 g/mol. The van der Waals surface area contributed by atoms with E-state index in [2.05, 4.69) is 31.1 Å². The molecule has 0 unspecified atom stereocenters. The zero-order valence-corrected chi connectivity index (χ0v) is 22.1. The van der Waals surface area contributed by atoms with Gasteiger partial charge < -0.3 is 10.4 Å². The molecule has 14 heteroatoms. The highest BCUT2D eigenvalue weighted by Crippen LogP contribution is 2.39. The van der Waals surface area contributed by atoms with Crippen LogP contribution in [0, 0.1) is 0 Å². The molecule has 0 saturated heterocycles. The summed E-state index contributed by atoms with van der Waals surface area (Å²) in [6, 6.07) is 16.2. The van der Waals surface area contributed by atoms with Crippen LogP contribution >= 0.6 is 46.9 Å². The first-order valence-corrected chi connectivity index (χ1v) is 12.2. The number of carbonyl (C=O) groups is 2. The van der Waals surface area contributed by atoms with Crippen LogP contribution in [0.4, 0.5) is 10.8 Å². The SMILES string of the molecule is Cl.O=C(Nc1ccc(-n2ccnn2)cc1)c1ccc(C(=O)Nc2nnc(-c3cc(Cl)cc(Cl)c3O)s2)cc1. The number of hydrogen-bond donors (Lipinski definition) is 3. The minimum atomic E-state index is -0.438. The van der Waals surface area contributed by atoms with Gasteiger partial charge in [0.25, 0.3) is 11.8 Å². The topological polar surface area (TPSA) is 135 Å². The molecule has 5 aromatic rings. The minimum Gasteiger partial charge on any atom is -0.506 e. The smallest absolute Gasteiger partial charge is 0.257 e. The van der Waals surface area contributed by atoms with Crippen LogP contribution in [-0.2, 0) is 0 Å². The van der Waals surface area contributed by atoms with Crippen LogP contribution in [0.5, 0.6) is 5.75 Å². The van der Waals surface area contributed by atoms with E-state index in [9.17, 15) is 14.7 Å². The zero-order valence-electron chi connectivity index (χ0n) is 19.0. The largest absolute Gasteiger partial charge is 0.506 e. The number of nitrogens with one attached hydrogen (secondary N) is 2. The number of halogens is 3. The fraction of sp³-hybridized carbons (Fsp3) is 0. The predicted molar refractivity (Wildman–Crippen MR) is 148 cm³/mol. The normalized spacial score (nSPS) is 10.5. The van der Waals surface area contributed by atoms with Crippen LogP contribution in [0.25, 0.3) is 16.3 Å². The van der Waals surface area contributed by atoms with Gasteiger partial charge in [-0.1, -0.05) is 39.8 Å². The maximum absolute atomic E-state index is 12.7. The van der Waals surface area contributed by atoms with E-state index in [0.29, 0.717) is 32.4 Å². The van der Waals surface area contributed by atoms with Gasteiger partial charge in [0.2, 0.25) is 5.13 Å². The fourth-order valence-electron chi connectivity index (χ4n) is 3.30. The number of amides is 2. The molecule has 0 aliphatic rings. The standard InChI is InChI=1S/C24H15Cl2N7O3S.ClH/c25-15-11-18(20(34)19(26)12-15)23-30-31-24(37-23)29-22(36)14-3-1-13(2-4-14)21(35)28-16-5-7-17(8-6-16)33-10-9-27-32-33;/h1-12,34H,(H,28,35)(H,29,31,36);1H. The number of carbonyl (C=O) groups excluding carboxylic acids is 2. The Morgan fingerprint density at radius 3 is 2.18 bits per heavy atom. The Balaban J connectivity index is 0.00000336. The molecule has 0 radical (unpaired) electrons. The van der Waals surface area contributed by atoms with Gasteiger partial charge in [0.05, 0.1) is 28.7 Å². The molecule has 0 aliphatic heterocycles. The molecule has 192 valence electrons. The van der Waals surface area contributed by atoms with Gasteiger partial charge in [-0.2, -0.15) is 0 Å². The summed E-state index contributed by atoms with van der Waals surface area (Å²) in [6.45, 7) is 0. The van der Waals surface area contributed by atoms with E-state index in [0.717, 1.165) is 17.0 Å². The third-order valence-corrected chi connectivity index (χ3v) is 6.50. The highest BCUT2D eigenvalue weighted by molar-refractivity contribution is 7.18. The Kier molecular flexibility index (Phi) is 8.23. The molecule has 0 spiro atoms. The molecule has 38 heavy (non-hydrogen) atoms. The van der Waals surface area contributed by atoms with Gasteiger partial charge in [-0.05, 0) is 60.7 Å². The van der Waals surface area contributed by atoms with Crippen LogP contribution in [0.1, 0.15) is 20.7 Å². The zero-order chi connectivity index (χ0) is 25.9. The van der Waals surface area contributed by atoms with Gasteiger partial charge in [0, 0.05) is 21.8 Å². The lowest BCUT2D eigenvalue weighted by Gasteiger charge is -2.07. The van der Waals surface area contributed by atoms with Crippen LogP contribution in [-0.4, -0.2) is 42.1 Å². The fourth-order valence-corrected chi connectivity index (χ4v) is 4.55. The van der Waals surface area contributed by atoms with Crippen molar-refractivity contribution in [3.63, 3.8) is 0 Å². The molecule has 0 saturated carbocycles. The van der Waals surface area contributed by atoms with Gasteiger partial charge in [0.1, 0.15) is 5.75 Å². The summed E-state index contributed by atoms with van der Waals surface area (Å²) in [5, 5.41) is 32.2. The van der Waals surface area contributed by atoms with Gasteiger partial charge in [-0.3, -0.25) is 14.9 Å². The van der Waals surface area contributed by atoms with Crippen LogP contribution in [0.3, 0.4) is 0 Å². The molecule has 10 nitrogen and oxygen atoms in total. The Labute approximate surface area is 235 Å². The summed E-state index contributed by atoms with van der Waals surface area (Å²) in [6.07, 6.45) is 3.29. The van der Waals surface area contributed by atoms with Gasteiger partial charge in [-0.15, -0.1) is 27.7 Å². The van der Waals surface area contributed by atoms with Crippen molar-refractivity contribution in [3.8, 4) is 22.0 Å². The molecule has 0 atom stereocenters. The number of nitrogens with zero attached hydrogens (tertiary/aromatic N) is 5. The van der Waals surface area contributed by atoms with E-state index in [1.807, 2.05) is 0 Å². The van der Waals surface area contributed by atoms with Gasteiger partial charge >= 0.3 is 0 Å². The maximum atomic E-state index is 12.7. The molecule has 2 aromatic heterocycles. The lowest BCUT2D eigenvalue weighted by atomic mass is 10.1. The first-order chi connectivity index (χ1) is 17.9. The first kappa shape index (κ1) is 27.0. The third kappa shape index (κ3) is 5.92. The number of aromatic nitrogens is 5. The third-order valence-electron chi connectivity index (χ3n) is 5.13. The van der Waals surface area contributed by atoms with Gasteiger partial charge in [0.15, 0.2) is 5.01 Å². The van der Waals surface area contributed by atoms with Crippen molar-refractivity contribution < 1.29 is 14.7 Å². The van der Waals surface area contributed by atoms with Crippen LogP contribution in [0.15, 0.2) is 73.1 Å². The lowest BCUT2D eigenvalue weighted by molar-refractivity contribution is 0.101. The number of phenolic OH excluding ortho intramolecular Hbond substituents is 1. The number of anilines is 2. The van der Waals surface area contributed by atoms with E-state index in [1.165, 1.54) is 24.3 Å². The summed E-state index contributed by atoms with van der Waals surface area (Å²) in [5.74, 6) is -0.943. The van der Waals surface area contributed by atoms with Crippen molar-refractivity contribution in [1.82, 2.24) is 25.2 Å². The molecule has 2 amide bonds. The number of aromatic hydroxyl groups is 1. The van der Waals surface area contributed by atoms with E-state index in [-0.39, 0.29) is 34.2 Å². The lowest BCUT2D eigenvalue weighted by Crippen LogP contribution is -2.14. The summed E-state index contributed by atoms with van der Waals surface area (Å²) in [7, 11) is 0. The van der Waals surface area contributed by atoms with Crippen molar-refractivity contribution in [2.75, 3.05) is 10.6 Å². The Bertz CT molecular complexity index is 1590. The average Bonchev–Trinajstić information content (AvgIpc) is 3.59. The number of hydrogen-bond acceptors (Lipinski definition) is 8. The van der Waals surface area contributed by atoms with Crippen molar-refractivity contribution >= 4 is 69.6 Å². The molecule has 5 rings (SSSR count). The summed E-state index contributed by atoms with van der Waals surface area (Å²) in [4.78, 5) is 25.3. The van der Waals surface area contributed by atoms with E-state index in [1.54, 1.807) is 53.5 Å². The quantitative estimate of drug-likeness (QED) is 0.231. The Morgan fingerprint density at radius 2 is 1.55 bits per heavy atom. The molecule has 3 N–H and O–H groups in total. The van der Waals surface area contributed by atoms with Crippen molar-refractivity contribution in [1.29, 1.82) is 0 Å². The highest BCUT2D eigenvalue weighted by atomic mass is 35.5. The summed E-state index contributed by atoms with van der Waals surface area (Å²) < 4.78 is 1.61. The molecule has 0 aliphatic carbocycles. The second-order valence-corrected chi connectivity index (χ2v) is 9.40. The van der Waals surface area contributed by atoms with Crippen LogP contribution < -0.4 is 10.6 Å². The number of rotatable bonds is 6. The molecule has 2 heterocycles. The van der Waals surface area contributed by atoms with E-state index >= 15 is 0 Å². The molecule has 0 fully saturated rings. The van der Waals surface area contributed by atoms with Crippen LogP contribution in [0.2, 0.25) is 10.0 Å². The molecule has 3 aromatic carbocycles. The highest BCUT2D eigenvalue weighted by Gasteiger charge is 2.17. The molecular formula is C24H16Cl3N7O3S. The first-order valence-electron chi connectivity index (χ1n) is 10.6. The number of phenols is 1. The van der Waals surface area contributed by atoms with Crippen molar-refractivity contribution in [2.45, 2.75) is 0 Å². The molecule has 0 bridgehead atoms. The van der Waals surface area contributed by atoms with E-state index < -0.39 is 5.91 Å². The molecular weight excluding hydrogens is 573 g/mol. The second kappa shape index (κ2) is 11.6. The summed E-state index contributed by atoms with van der Waals surface area (Å²) in [5.41, 5.74) is 2.41. The predicted octanol–water partition coefficient (Wildman–Crippen LogP) is 5.72. The average molecular weight is 589 g/mol. The Morgan fingerprint density at radius 1 is 0.895 bits per heavy atom. The van der Waals surface area contributed by atoms with Crippen molar-refractivity contribution in [3.05, 3.63) is 94.2 Å². The minimum absolute atomic E-state index is 0. The second-order valence-electron chi connectivity index (χ2n) is 7.58. The van der Waals surface area contributed by atoms with Crippen molar-refractivity contribution in [2.24, 2.45) is 0 Å². The maximum Gasteiger partial charge on any atom is 0.257 e. The number of benzene rings is 3. The Hall–Kier alpha value is -4.03. The summed E-state index contributed by atoms with van der Waals surface area (Å²) >= 11 is 13.0.